The number of nitrogens with zero attached hydrogens (tertiary/aromatic N) is 1. The molecule has 1 heterocycles. The summed E-state index contributed by atoms with van der Waals surface area (Å²) in [5.41, 5.74) is 2.20. The van der Waals surface area contributed by atoms with Crippen molar-refractivity contribution in [2.75, 3.05) is 13.7 Å². The summed E-state index contributed by atoms with van der Waals surface area (Å²) in [5, 5.41) is 0. The molecule has 0 fully saturated rings. The molecule has 0 aliphatic heterocycles. The van der Waals surface area contributed by atoms with Crippen molar-refractivity contribution in [3.63, 3.8) is 0 Å². The van der Waals surface area contributed by atoms with Crippen LogP contribution in [0.25, 0.3) is 11.1 Å². The molecule has 2 rings (SSSR count). The average Bonchev–Trinajstić information content (AvgIpc) is 2.52. The first-order chi connectivity index (χ1) is 10.2. The lowest BCUT2D eigenvalue weighted by atomic mass is 10.1. The Hall–Kier alpha value is -2.03. The third-order valence-corrected chi connectivity index (χ3v) is 3.33. The molecule has 0 saturated heterocycles. The molecule has 3 nitrogen and oxygen atoms in total. The number of hydrogen-bond acceptors (Lipinski definition) is 3. The maximum atomic E-state index is 5.75. The Balaban J connectivity index is 1.91. The Kier molecular flexibility index (Phi) is 5.61. The van der Waals surface area contributed by atoms with E-state index in [1.54, 1.807) is 7.11 Å². The van der Waals surface area contributed by atoms with Gasteiger partial charge in [-0.15, -0.1) is 0 Å². The van der Waals surface area contributed by atoms with Crippen LogP contribution < -0.4 is 9.47 Å². The number of methoxy groups -OCH3 is 1. The molecule has 0 spiro atoms. The van der Waals surface area contributed by atoms with Crippen LogP contribution >= 0.6 is 0 Å². The summed E-state index contributed by atoms with van der Waals surface area (Å²) in [6.07, 6.45) is 4.12. The highest BCUT2D eigenvalue weighted by atomic mass is 16.5. The number of aromatic nitrogens is 1. The molecule has 0 radical (unpaired) electrons. The SMILES string of the molecule is COc1ccc(-c2ccc(OCCCC(C)C)cc2)cn1. The van der Waals surface area contributed by atoms with Crippen molar-refractivity contribution in [2.24, 2.45) is 5.92 Å². The van der Waals surface area contributed by atoms with Crippen molar-refractivity contribution in [1.29, 1.82) is 0 Å². The van der Waals surface area contributed by atoms with Gasteiger partial charge in [-0.2, -0.15) is 0 Å². The summed E-state index contributed by atoms with van der Waals surface area (Å²) < 4.78 is 10.8. The molecular weight excluding hydrogens is 262 g/mol. The third kappa shape index (κ3) is 4.78. The normalized spacial score (nSPS) is 10.7. The first-order valence-electron chi connectivity index (χ1n) is 7.42. The van der Waals surface area contributed by atoms with Gasteiger partial charge in [-0.25, -0.2) is 4.98 Å². The van der Waals surface area contributed by atoms with Gasteiger partial charge in [0.15, 0.2) is 0 Å². The highest BCUT2D eigenvalue weighted by molar-refractivity contribution is 5.63. The van der Waals surface area contributed by atoms with E-state index in [9.17, 15) is 0 Å². The largest absolute Gasteiger partial charge is 0.494 e. The van der Waals surface area contributed by atoms with Gasteiger partial charge in [-0.3, -0.25) is 0 Å². The van der Waals surface area contributed by atoms with Crippen molar-refractivity contribution >= 4 is 0 Å². The fourth-order valence-corrected chi connectivity index (χ4v) is 2.10. The molecule has 0 amide bonds. The average molecular weight is 285 g/mol. The fourth-order valence-electron chi connectivity index (χ4n) is 2.10. The van der Waals surface area contributed by atoms with Gasteiger partial charge in [0, 0.05) is 17.8 Å². The van der Waals surface area contributed by atoms with Crippen molar-refractivity contribution in [3.8, 4) is 22.8 Å². The van der Waals surface area contributed by atoms with Crippen LogP contribution in [0.2, 0.25) is 0 Å². The van der Waals surface area contributed by atoms with Gasteiger partial charge >= 0.3 is 0 Å². The molecule has 0 N–H and O–H groups in total. The van der Waals surface area contributed by atoms with Crippen LogP contribution in [0.3, 0.4) is 0 Å². The summed E-state index contributed by atoms with van der Waals surface area (Å²) in [5.74, 6) is 2.28. The third-order valence-electron chi connectivity index (χ3n) is 3.33. The Morgan fingerprint density at radius 1 is 1.00 bits per heavy atom. The predicted molar refractivity (Wildman–Crippen MR) is 85.8 cm³/mol. The van der Waals surface area contributed by atoms with E-state index in [-0.39, 0.29) is 0 Å². The molecular formula is C18H23NO2. The van der Waals surface area contributed by atoms with Crippen LogP contribution in [-0.2, 0) is 0 Å². The number of benzene rings is 1. The molecule has 0 aliphatic carbocycles. The summed E-state index contributed by atoms with van der Waals surface area (Å²) >= 11 is 0. The minimum atomic E-state index is 0.629. The Labute approximate surface area is 126 Å². The number of hydrogen-bond donors (Lipinski definition) is 0. The zero-order valence-electron chi connectivity index (χ0n) is 13.0. The minimum absolute atomic E-state index is 0.629. The summed E-state index contributed by atoms with van der Waals surface area (Å²) in [6.45, 7) is 5.25. The second-order valence-electron chi connectivity index (χ2n) is 5.50. The number of pyridine rings is 1. The summed E-state index contributed by atoms with van der Waals surface area (Å²) in [4.78, 5) is 4.22. The first kappa shape index (κ1) is 15.4. The first-order valence-corrected chi connectivity index (χ1v) is 7.42. The number of ether oxygens (including phenoxy) is 2. The van der Waals surface area contributed by atoms with E-state index in [0.717, 1.165) is 35.8 Å². The van der Waals surface area contributed by atoms with Crippen molar-refractivity contribution in [2.45, 2.75) is 26.7 Å². The zero-order valence-corrected chi connectivity index (χ0v) is 13.0. The van der Waals surface area contributed by atoms with E-state index in [0.29, 0.717) is 5.88 Å². The molecule has 1 aromatic heterocycles. The van der Waals surface area contributed by atoms with Crippen LogP contribution in [0.15, 0.2) is 42.6 Å². The fraction of sp³-hybridized carbons (Fsp3) is 0.389. The Morgan fingerprint density at radius 2 is 1.71 bits per heavy atom. The Morgan fingerprint density at radius 3 is 2.29 bits per heavy atom. The lowest BCUT2D eigenvalue weighted by Gasteiger charge is -2.08. The molecule has 112 valence electrons. The molecule has 0 aliphatic rings. The molecule has 1 aromatic carbocycles. The summed E-state index contributed by atoms with van der Waals surface area (Å²) in [6, 6.07) is 12.0. The van der Waals surface area contributed by atoms with E-state index in [1.165, 1.54) is 6.42 Å². The standard InChI is InChI=1S/C18H23NO2/c1-14(2)5-4-12-21-17-9-6-15(7-10-17)16-8-11-18(20-3)19-13-16/h6-11,13-14H,4-5,12H2,1-3H3. The minimum Gasteiger partial charge on any atom is -0.494 e. The van der Waals surface area contributed by atoms with Crippen molar-refractivity contribution in [3.05, 3.63) is 42.6 Å². The van der Waals surface area contributed by atoms with E-state index in [2.05, 4.69) is 31.0 Å². The van der Waals surface area contributed by atoms with Crippen molar-refractivity contribution < 1.29 is 9.47 Å². The molecule has 3 heteroatoms. The topological polar surface area (TPSA) is 31.4 Å². The quantitative estimate of drug-likeness (QED) is 0.698. The Bertz CT molecular complexity index is 532. The van der Waals surface area contributed by atoms with Crippen molar-refractivity contribution in [1.82, 2.24) is 4.98 Å². The van der Waals surface area contributed by atoms with E-state index in [1.807, 2.05) is 30.5 Å². The molecule has 0 unspecified atom stereocenters. The van der Waals surface area contributed by atoms with Gasteiger partial charge in [-0.1, -0.05) is 26.0 Å². The van der Waals surface area contributed by atoms with Gasteiger partial charge < -0.3 is 9.47 Å². The van der Waals surface area contributed by atoms with E-state index in [4.69, 9.17) is 9.47 Å². The molecule has 0 atom stereocenters. The highest BCUT2D eigenvalue weighted by Crippen LogP contribution is 2.23. The highest BCUT2D eigenvalue weighted by Gasteiger charge is 2.01. The second kappa shape index (κ2) is 7.67. The van der Waals surface area contributed by atoms with Gasteiger partial charge in [-0.05, 0) is 42.5 Å². The van der Waals surface area contributed by atoms with Crippen LogP contribution in [0, 0.1) is 5.92 Å². The van der Waals surface area contributed by atoms with Crippen LogP contribution in [0.4, 0.5) is 0 Å². The lowest BCUT2D eigenvalue weighted by Crippen LogP contribution is -1.99. The predicted octanol–water partition coefficient (Wildman–Crippen LogP) is 4.57. The van der Waals surface area contributed by atoms with Gasteiger partial charge in [0.1, 0.15) is 5.75 Å². The molecule has 0 saturated carbocycles. The molecule has 21 heavy (non-hydrogen) atoms. The molecule has 2 aromatic rings. The maximum absolute atomic E-state index is 5.75. The summed E-state index contributed by atoms with van der Waals surface area (Å²) in [7, 11) is 1.62. The van der Waals surface area contributed by atoms with Crippen LogP contribution in [0.1, 0.15) is 26.7 Å². The van der Waals surface area contributed by atoms with Gasteiger partial charge in [0.05, 0.1) is 13.7 Å². The van der Waals surface area contributed by atoms with Crippen LogP contribution in [-0.4, -0.2) is 18.7 Å². The van der Waals surface area contributed by atoms with Gasteiger partial charge in [0.2, 0.25) is 5.88 Å². The maximum Gasteiger partial charge on any atom is 0.212 e. The number of rotatable bonds is 7. The van der Waals surface area contributed by atoms with E-state index < -0.39 is 0 Å². The van der Waals surface area contributed by atoms with Crippen LogP contribution in [0.5, 0.6) is 11.6 Å². The second-order valence-corrected chi connectivity index (χ2v) is 5.50. The van der Waals surface area contributed by atoms with E-state index >= 15 is 0 Å². The zero-order chi connectivity index (χ0) is 15.1. The monoisotopic (exact) mass is 285 g/mol. The lowest BCUT2D eigenvalue weighted by molar-refractivity contribution is 0.298. The smallest absolute Gasteiger partial charge is 0.212 e. The van der Waals surface area contributed by atoms with Gasteiger partial charge in [0.25, 0.3) is 0 Å². The molecule has 0 bridgehead atoms.